The summed E-state index contributed by atoms with van der Waals surface area (Å²) in [6.07, 6.45) is 0.681. The zero-order valence-electron chi connectivity index (χ0n) is 9.36. The van der Waals surface area contributed by atoms with E-state index in [0.717, 1.165) is 25.9 Å². The van der Waals surface area contributed by atoms with Gasteiger partial charge in [0.05, 0.1) is 6.61 Å². The third-order valence-electron chi connectivity index (χ3n) is 3.07. The van der Waals surface area contributed by atoms with Crippen LogP contribution >= 0.6 is 0 Å². The fourth-order valence-corrected chi connectivity index (χ4v) is 1.90. The molecule has 1 aliphatic rings. The Bertz CT molecular complexity index is 223. The van der Waals surface area contributed by atoms with Crippen LogP contribution in [0.15, 0.2) is 0 Å². The van der Waals surface area contributed by atoms with Gasteiger partial charge in [-0.25, -0.2) is 4.79 Å². The summed E-state index contributed by atoms with van der Waals surface area (Å²) >= 11 is 0. The lowest BCUT2D eigenvalue weighted by Gasteiger charge is -2.41. The van der Waals surface area contributed by atoms with E-state index in [2.05, 4.69) is 10.2 Å². The van der Waals surface area contributed by atoms with Crippen LogP contribution < -0.4 is 5.32 Å². The van der Waals surface area contributed by atoms with E-state index >= 15 is 0 Å². The summed E-state index contributed by atoms with van der Waals surface area (Å²) in [5, 5.41) is 20.3. The lowest BCUT2D eigenvalue weighted by molar-refractivity contribution is 0.0353. The maximum absolute atomic E-state index is 10.4. The third kappa shape index (κ3) is 3.35. The second-order valence-corrected chi connectivity index (χ2v) is 4.68. The minimum absolute atomic E-state index is 0.0632. The Kier molecular flexibility index (Phi) is 3.93. The predicted molar refractivity (Wildman–Crippen MR) is 56.9 cm³/mol. The number of carbonyl (C=O) groups is 1. The van der Waals surface area contributed by atoms with Gasteiger partial charge in [0.15, 0.2) is 0 Å². The molecule has 0 saturated carbocycles. The number of likely N-dealkylation sites (tertiary alicyclic amines) is 1. The molecule has 1 amide bonds. The lowest BCUT2D eigenvalue weighted by Crippen LogP contribution is -2.53. The Labute approximate surface area is 90.1 Å². The van der Waals surface area contributed by atoms with Crippen LogP contribution in [0.5, 0.6) is 0 Å². The first-order valence-electron chi connectivity index (χ1n) is 5.31. The van der Waals surface area contributed by atoms with Gasteiger partial charge in [0.25, 0.3) is 0 Å². The summed E-state index contributed by atoms with van der Waals surface area (Å²) in [5.41, 5.74) is -0.200. The lowest BCUT2D eigenvalue weighted by atomic mass is 9.97. The van der Waals surface area contributed by atoms with Crippen LogP contribution in [0.1, 0.15) is 26.7 Å². The van der Waals surface area contributed by atoms with Gasteiger partial charge in [-0.05, 0) is 26.7 Å². The predicted octanol–water partition coefficient (Wildman–Crippen LogP) is 0.489. The fourth-order valence-electron chi connectivity index (χ4n) is 1.90. The van der Waals surface area contributed by atoms with E-state index in [1.165, 1.54) is 0 Å². The first-order valence-corrected chi connectivity index (χ1v) is 5.31. The Morgan fingerprint density at radius 2 is 2.00 bits per heavy atom. The molecule has 0 atom stereocenters. The SMILES string of the molecule is CC(C)(CO)N1CCC(NC(=O)O)CC1. The molecule has 15 heavy (non-hydrogen) atoms. The number of nitrogens with zero attached hydrogens (tertiary/aromatic N) is 1. The molecule has 0 aromatic carbocycles. The van der Waals surface area contributed by atoms with Crippen molar-refractivity contribution < 1.29 is 15.0 Å². The van der Waals surface area contributed by atoms with E-state index in [1.54, 1.807) is 0 Å². The van der Waals surface area contributed by atoms with Crippen molar-refractivity contribution in [2.24, 2.45) is 0 Å². The maximum Gasteiger partial charge on any atom is 0.404 e. The summed E-state index contributed by atoms with van der Waals surface area (Å²) < 4.78 is 0. The molecule has 0 spiro atoms. The molecule has 0 bridgehead atoms. The number of amides is 1. The zero-order chi connectivity index (χ0) is 11.5. The first kappa shape index (κ1) is 12.3. The third-order valence-corrected chi connectivity index (χ3v) is 3.07. The van der Waals surface area contributed by atoms with E-state index < -0.39 is 6.09 Å². The van der Waals surface area contributed by atoms with Gasteiger partial charge in [0.1, 0.15) is 0 Å². The van der Waals surface area contributed by atoms with Gasteiger partial charge in [-0.3, -0.25) is 4.90 Å². The smallest absolute Gasteiger partial charge is 0.404 e. The fraction of sp³-hybridized carbons (Fsp3) is 0.900. The average molecular weight is 216 g/mol. The minimum Gasteiger partial charge on any atom is -0.465 e. The van der Waals surface area contributed by atoms with E-state index in [9.17, 15) is 9.90 Å². The molecule has 1 rings (SSSR count). The second kappa shape index (κ2) is 4.81. The molecule has 5 heteroatoms. The van der Waals surface area contributed by atoms with Crippen LogP contribution in [0.2, 0.25) is 0 Å². The summed E-state index contributed by atoms with van der Waals surface area (Å²) in [6, 6.07) is 0.0632. The molecule has 88 valence electrons. The van der Waals surface area contributed by atoms with Gasteiger partial charge in [0.2, 0.25) is 0 Å². The highest BCUT2D eigenvalue weighted by Gasteiger charge is 2.30. The summed E-state index contributed by atoms with van der Waals surface area (Å²) in [6.45, 7) is 5.79. The van der Waals surface area contributed by atoms with Crippen molar-refractivity contribution in [1.29, 1.82) is 0 Å². The molecular weight excluding hydrogens is 196 g/mol. The van der Waals surface area contributed by atoms with Crippen LogP contribution in [-0.2, 0) is 0 Å². The number of aliphatic hydroxyl groups excluding tert-OH is 1. The van der Waals surface area contributed by atoms with Gasteiger partial charge in [-0.15, -0.1) is 0 Å². The summed E-state index contributed by atoms with van der Waals surface area (Å²) in [4.78, 5) is 12.6. The van der Waals surface area contributed by atoms with Crippen LogP contribution in [-0.4, -0.2) is 52.5 Å². The van der Waals surface area contributed by atoms with E-state index in [-0.39, 0.29) is 18.2 Å². The Balaban J connectivity index is 2.39. The monoisotopic (exact) mass is 216 g/mol. The molecule has 0 radical (unpaired) electrons. The Hall–Kier alpha value is -0.810. The zero-order valence-corrected chi connectivity index (χ0v) is 9.36. The number of aliphatic hydroxyl groups is 1. The van der Waals surface area contributed by atoms with Crippen molar-refractivity contribution in [3.8, 4) is 0 Å². The van der Waals surface area contributed by atoms with Crippen molar-refractivity contribution in [3.05, 3.63) is 0 Å². The highest BCUT2D eigenvalue weighted by Crippen LogP contribution is 2.20. The van der Waals surface area contributed by atoms with Crippen molar-refractivity contribution in [3.63, 3.8) is 0 Å². The number of carboxylic acid groups (broad SMARTS) is 1. The summed E-state index contributed by atoms with van der Waals surface area (Å²) in [7, 11) is 0. The normalized spacial score (nSPS) is 20.2. The molecule has 1 fully saturated rings. The van der Waals surface area contributed by atoms with Gasteiger partial charge in [-0.1, -0.05) is 0 Å². The Morgan fingerprint density at radius 1 is 1.47 bits per heavy atom. The molecule has 3 N–H and O–H groups in total. The molecule has 0 unspecified atom stereocenters. The van der Waals surface area contributed by atoms with Gasteiger partial charge >= 0.3 is 6.09 Å². The number of nitrogens with one attached hydrogen (secondary N) is 1. The quantitative estimate of drug-likeness (QED) is 0.642. The van der Waals surface area contributed by atoms with Crippen LogP contribution in [0, 0.1) is 0 Å². The van der Waals surface area contributed by atoms with Gasteiger partial charge in [-0.2, -0.15) is 0 Å². The molecule has 0 aliphatic carbocycles. The minimum atomic E-state index is -0.949. The molecule has 0 aromatic heterocycles. The van der Waals surface area contributed by atoms with Crippen molar-refractivity contribution in [1.82, 2.24) is 10.2 Å². The standard InChI is InChI=1S/C10H20N2O3/c1-10(2,7-13)12-5-3-8(4-6-12)11-9(14)15/h8,11,13H,3-7H2,1-2H3,(H,14,15). The second-order valence-electron chi connectivity index (χ2n) is 4.68. The highest BCUT2D eigenvalue weighted by atomic mass is 16.4. The van der Waals surface area contributed by atoms with Crippen molar-refractivity contribution in [2.75, 3.05) is 19.7 Å². The van der Waals surface area contributed by atoms with E-state index in [1.807, 2.05) is 13.8 Å². The number of hydrogen-bond donors (Lipinski definition) is 3. The average Bonchev–Trinajstić information content (AvgIpc) is 2.18. The molecule has 1 aliphatic heterocycles. The number of hydrogen-bond acceptors (Lipinski definition) is 3. The first-order chi connectivity index (χ1) is 6.95. The molecule has 0 aromatic rings. The largest absolute Gasteiger partial charge is 0.465 e. The molecule has 5 nitrogen and oxygen atoms in total. The van der Waals surface area contributed by atoms with Gasteiger partial charge < -0.3 is 15.5 Å². The number of rotatable bonds is 3. The maximum atomic E-state index is 10.4. The molecule has 1 heterocycles. The van der Waals surface area contributed by atoms with Crippen molar-refractivity contribution >= 4 is 6.09 Å². The topological polar surface area (TPSA) is 72.8 Å². The van der Waals surface area contributed by atoms with Crippen LogP contribution in [0.3, 0.4) is 0 Å². The van der Waals surface area contributed by atoms with Crippen LogP contribution in [0.25, 0.3) is 0 Å². The Morgan fingerprint density at radius 3 is 2.40 bits per heavy atom. The van der Waals surface area contributed by atoms with E-state index in [0.29, 0.717) is 0 Å². The van der Waals surface area contributed by atoms with Crippen molar-refractivity contribution in [2.45, 2.75) is 38.3 Å². The molecule has 1 saturated heterocycles. The van der Waals surface area contributed by atoms with Crippen LogP contribution in [0.4, 0.5) is 4.79 Å². The number of piperidine rings is 1. The van der Waals surface area contributed by atoms with Gasteiger partial charge in [0, 0.05) is 24.7 Å². The highest BCUT2D eigenvalue weighted by molar-refractivity contribution is 5.64. The molecular formula is C10H20N2O3. The summed E-state index contributed by atoms with van der Waals surface area (Å²) in [5.74, 6) is 0. The van der Waals surface area contributed by atoms with E-state index in [4.69, 9.17) is 5.11 Å².